The molecule has 0 aromatic heterocycles. The number of nitrogens with one attached hydrogen (secondary N) is 2. The molecule has 0 aliphatic carbocycles. The van der Waals surface area contributed by atoms with E-state index in [1.165, 1.54) is 5.56 Å². The van der Waals surface area contributed by atoms with Gasteiger partial charge in [0, 0.05) is 23.7 Å². The number of anilines is 1. The zero-order valence-corrected chi connectivity index (χ0v) is 11.9. The van der Waals surface area contributed by atoms with Gasteiger partial charge in [0.05, 0.1) is 10.7 Å². The van der Waals surface area contributed by atoms with Gasteiger partial charge in [-0.15, -0.1) is 0 Å². The van der Waals surface area contributed by atoms with E-state index in [-0.39, 0.29) is 0 Å². The third-order valence-electron chi connectivity index (χ3n) is 3.12. The molecule has 0 spiro atoms. The molecule has 94 valence electrons. The zero-order valence-electron chi connectivity index (χ0n) is 10.4. The Morgan fingerprint density at radius 2 is 2.12 bits per heavy atom. The average Bonchev–Trinajstić information content (AvgIpc) is 2.27. The van der Waals surface area contributed by atoms with Crippen LogP contribution in [0.2, 0.25) is 10.0 Å². The van der Waals surface area contributed by atoms with Crippen LogP contribution in [0.1, 0.15) is 37.4 Å². The lowest BCUT2D eigenvalue weighted by Crippen LogP contribution is -2.33. The molecule has 1 unspecified atom stereocenters. The van der Waals surface area contributed by atoms with Crippen molar-refractivity contribution in [2.45, 2.75) is 39.3 Å². The second-order valence-electron chi connectivity index (χ2n) is 4.85. The summed E-state index contributed by atoms with van der Waals surface area (Å²) < 4.78 is 0. The highest BCUT2D eigenvalue weighted by Gasteiger charge is 2.24. The Hall–Kier alpha value is -0.440. The molecule has 0 bridgehead atoms. The molecule has 4 heteroatoms. The summed E-state index contributed by atoms with van der Waals surface area (Å²) in [6, 6.07) is 2.82. The Morgan fingerprint density at radius 3 is 2.76 bits per heavy atom. The molecule has 1 aliphatic rings. The SMILES string of the molecule is Cc1c(Cl)cc2c(c1Cl)NCCC2NC(C)C. The normalized spacial score (nSPS) is 19.1. The predicted molar refractivity (Wildman–Crippen MR) is 75.3 cm³/mol. The molecule has 0 amide bonds. The van der Waals surface area contributed by atoms with Gasteiger partial charge in [0.1, 0.15) is 0 Å². The minimum atomic E-state index is 0.335. The summed E-state index contributed by atoms with van der Waals surface area (Å²) >= 11 is 12.6. The van der Waals surface area contributed by atoms with Gasteiger partial charge in [-0.05, 0) is 30.5 Å². The predicted octanol–water partition coefficient (Wildman–Crippen LogP) is 4.16. The molecule has 0 saturated heterocycles. The quantitative estimate of drug-likeness (QED) is 0.845. The molecule has 2 nitrogen and oxygen atoms in total. The minimum Gasteiger partial charge on any atom is -0.383 e. The highest BCUT2D eigenvalue weighted by Crippen LogP contribution is 2.40. The van der Waals surface area contributed by atoms with E-state index in [4.69, 9.17) is 23.2 Å². The Balaban J connectivity index is 2.44. The molecule has 0 fully saturated rings. The maximum absolute atomic E-state index is 6.34. The Kier molecular flexibility index (Phi) is 3.86. The highest BCUT2D eigenvalue weighted by atomic mass is 35.5. The molecule has 1 aliphatic heterocycles. The van der Waals surface area contributed by atoms with Crippen LogP contribution in [-0.2, 0) is 0 Å². The first-order valence-corrected chi connectivity index (χ1v) is 6.74. The van der Waals surface area contributed by atoms with Gasteiger partial charge in [0.15, 0.2) is 0 Å². The van der Waals surface area contributed by atoms with E-state index in [9.17, 15) is 0 Å². The second kappa shape index (κ2) is 5.05. The van der Waals surface area contributed by atoms with E-state index < -0.39 is 0 Å². The maximum Gasteiger partial charge on any atom is 0.0684 e. The summed E-state index contributed by atoms with van der Waals surface area (Å²) in [6.45, 7) is 7.20. The Morgan fingerprint density at radius 1 is 1.41 bits per heavy atom. The molecule has 0 radical (unpaired) electrons. The van der Waals surface area contributed by atoms with Gasteiger partial charge >= 0.3 is 0 Å². The second-order valence-corrected chi connectivity index (χ2v) is 5.64. The van der Waals surface area contributed by atoms with Crippen LogP contribution in [-0.4, -0.2) is 12.6 Å². The lowest BCUT2D eigenvalue weighted by molar-refractivity contribution is 0.453. The van der Waals surface area contributed by atoms with Gasteiger partial charge in [-0.2, -0.15) is 0 Å². The van der Waals surface area contributed by atoms with E-state index in [0.717, 1.165) is 34.3 Å². The lowest BCUT2D eigenvalue weighted by atomic mass is 9.95. The van der Waals surface area contributed by atoms with Gasteiger partial charge in [0.25, 0.3) is 0 Å². The number of hydrogen-bond donors (Lipinski definition) is 2. The molecule has 1 atom stereocenters. The fraction of sp³-hybridized carbons (Fsp3) is 0.538. The van der Waals surface area contributed by atoms with E-state index >= 15 is 0 Å². The van der Waals surface area contributed by atoms with E-state index in [0.29, 0.717) is 12.1 Å². The van der Waals surface area contributed by atoms with Gasteiger partial charge in [-0.3, -0.25) is 0 Å². The van der Waals surface area contributed by atoms with E-state index in [2.05, 4.69) is 24.5 Å². The van der Waals surface area contributed by atoms with Crippen molar-refractivity contribution in [3.63, 3.8) is 0 Å². The number of rotatable bonds is 2. The van der Waals surface area contributed by atoms with Gasteiger partial charge in [-0.25, -0.2) is 0 Å². The standard InChI is InChI=1S/C13H18Cl2N2/c1-7(2)17-11-4-5-16-13-9(11)6-10(14)8(3)12(13)15/h6-7,11,16-17H,4-5H2,1-3H3. The third-order valence-corrected chi connectivity index (χ3v) is 3.99. The molecular formula is C13H18Cl2N2. The summed E-state index contributed by atoms with van der Waals surface area (Å²) in [5.74, 6) is 0. The van der Waals surface area contributed by atoms with Crippen molar-refractivity contribution in [3.8, 4) is 0 Å². The maximum atomic E-state index is 6.34. The van der Waals surface area contributed by atoms with Crippen LogP contribution < -0.4 is 10.6 Å². The summed E-state index contributed by atoms with van der Waals surface area (Å²) in [4.78, 5) is 0. The zero-order chi connectivity index (χ0) is 12.6. The van der Waals surface area contributed by atoms with Crippen molar-refractivity contribution < 1.29 is 0 Å². The van der Waals surface area contributed by atoms with Crippen LogP contribution in [0, 0.1) is 6.92 Å². The van der Waals surface area contributed by atoms with E-state index in [1.54, 1.807) is 0 Å². The van der Waals surface area contributed by atoms with Crippen molar-refractivity contribution in [2.75, 3.05) is 11.9 Å². The molecule has 1 aromatic rings. The summed E-state index contributed by atoms with van der Waals surface area (Å²) in [5, 5.41) is 8.42. The Bertz CT molecular complexity index is 430. The fourth-order valence-electron chi connectivity index (χ4n) is 2.26. The molecular weight excluding hydrogens is 255 g/mol. The van der Waals surface area contributed by atoms with Gasteiger partial charge in [0.2, 0.25) is 0 Å². The van der Waals surface area contributed by atoms with E-state index in [1.807, 2.05) is 13.0 Å². The number of halogens is 2. The third kappa shape index (κ3) is 2.54. The van der Waals surface area contributed by atoms with Crippen LogP contribution in [0.15, 0.2) is 6.07 Å². The van der Waals surface area contributed by atoms with Crippen molar-refractivity contribution in [1.82, 2.24) is 5.32 Å². The van der Waals surface area contributed by atoms with Crippen LogP contribution in [0.3, 0.4) is 0 Å². The number of fused-ring (bicyclic) bond motifs is 1. The molecule has 2 N–H and O–H groups in total. The average molecular weight is 273 g/mol. The summed E-state index contributed by atoms with van der Waals surface area (Å²) in [5.41, 5.74) is 3.17. The van der Waals surface area contributed by atoms with Crippen LogP contribution in [0.4, 0.5) is 5.69 Å². The Labute approximate surface area is 113 Å². The van der Waals surface area contributed by atoms with Crippen LogP contribution >= 0.6 is 23.2 Å². The van der Waals surface area contributed by atoms with Crippen molar-refractivity contribution >= 4 is 28.9 Å². The largest absolute Gasteiger partial charge is 0.383 e. The summed E-state index contributed by atoms with van der Waals surface area (Å²) in [6.07, 6.45) is 1.06. The van der Waals surface area contributed by atoms with Crippen molar-refractivity contribution in [3.05, 3.63) is 27.2 Å². The molecule has 1 heterocycles. The van der Waals surface area contributed by atoms with Gasteiger partial charge in [-0.1, -0.05) is 37.0 Å². The molecule has 0 saturated carbocycles. The summed E-state index contributed by atoms with van der Waals surface area (Å²) in [7, 11) is 0. The number of benzene rings is 1. The molecule has 1 aromatic carbocycles. The highest BCUT2D eigenvalue weighted by molar-refractivity contribution is 6.38. The topological polar surface area (TPSA) is 24.1 Å². The molecule has 2 rings (SSSR count). The first-order chi connectivity index (χ1) is 8.00. The minimum absolute atomic E-state index is 0.335. The number of hydrogen-bond acceptors (Lipinski definition) is 2. The van der Waals surface area contributed by atoms with Crippen LogP contribution in [0.5, 0.6) is 0 Å². The van der Waals surface area contributed by atoms with Gasteiger partial charge < -0.3 is 10.6 Å². The monoisotopic (exact) mass is 272 g/mol. The first-order valence-electron chi connectivity index (χ1n) is 5.99. The van der Waals surface area contributed by atoms with Crippen molar-refractivity contribution in [1.29, 1.82) is 0 Å². The lowest BCUT2D eigenvalue weighted by Gasteiger charge is -2.30. The fourth-order valence-corrected chi connectivity index (χ4v) is 2.80. The smallest absolute Gasteiger partial charge is 0.0684 e. The van der Waals surface area contributed by atoms with Crippen LogP contribution in [0.25, 0.3) is 0 Å². The molecule has 17 heavy (non-hydrogen) atoms. The van der Waals surface area contributed by atoms with Crippen molar-refractivity contribution in [2.24, 2.45) is 0 Å². The first kappa shape index (κ1) is 13.0.